The second-order valence-corrected chi connectivity index (χ2v) is 4.85. The monoisotopic (exact) mass is 309 g/mol. The quantitative estimate of drug-likeness (QED) is 0.682. The topological polar surface area (TPSA) is 61.1 Å². The Morgan fingerprint density at radius 2 is 2.05 bits per heavy atom. The average molecular weight is 310 g/mol. The van der Waals surface area contributed by atoms with Crippen LogP contribution in [0.15, 0.2) is 17.0 Å². The Bertz CT molecular complexity index is 540. The number of halogens is 4. The third-order valence-electron chi connectivity index (χ3n) is 2.12. The summed E-state index contributed by atoms with van der Waals surface area (Å²) in [5.41, 5.74) is -4.27. The lowest BCUT2D eigenvalue weighted by Gasteiger charge is -2.12. The predicted molar refractivity (Wildman–Crippen MR) is 64.0 cm³/mol. The summed E-state index contributed by atoms with van der Waals surface area (Å²) in [6, 6.07) is 4.03. The molecule has 0 unspecified atom stereocenters. The Labute approximate surface area is 116 Å². The molecule has 0 aliphatic heterocycles. The summed E-state index contributed by atoms with van der Waals surface area (Å²) in [5, 5.41) is 17.5. The SMILES string of the molecule is N#Cc1cc(CC(=O)O)c(SC(F)(F)F)cc1CCl. The zero-order valence-corrected chi connectivity index (χ0v) is 10.9. The van der Waals surface area contributed by atoms with Crippen molar-refractivity contribution >= 4 is 29.3 Å². The Morgan fingerprint density at radius 1 is 1.42 bits per heavy atom. The van der Waals surface area contributed by atoms with E-state index in [2.05, 4.69) is 0 Å². The van der Waals surface area contributed by atoms with Gasteiger partial charge in [-0.25, -0.2) is 0 Å². The molecule has 0 fully saturated rings. The van der Waals surface area contributed by atoms with E-state index in [-0.39, 0.29) is 27.5 Å². The summed E-state index contributed by atoms with van der Waals surface area (Å²) in [4.78, 5) is 10.4. The smallest absolute Gasteiger partial charge is 0.446 e. The van der Waals surface area contributed by atoms with Crippen molar-refractivity contribution < 1.29 is 23.1 Å². The van der Waals surface area contributed by atoms with Gasteiger partial charge in [0.25, 0.3) is 0 Å². The average Bonchev–Trinajstić information content (AvgIpc) is 2.28. The van der Waals surface area contributed by atoms with E-state index in [1.165, 1.54) is 0 Å². The Morgan fingerprint density at radius 3 is 2.47 bits per heavy atom. The first-order chi connectivity index (χ1) is 8.76. The molecule has 0 aliphatic rings. The molecular weight excluding hydrogens is 303 g/mol. The number of carbonyl (C=O) groups is 1. The minimum Gasteiger partial charge on any atom is -0.481 e. The van der Waals surface area contributed by atoms with E-state index in [0.717, 1.165) is 12.1 Å². The normalized spacial score (nSPS) is 11.1. The fourth-order valence-electron chi connectivity index (χ4n) is 1.40. The van der Waals surface area contributed by atoms with Crippen molar-refractivity contribution in [3.63, 3.8) is 0 Å². The molecule has 0 aliphatic carbocycles. The van der Waals surface area contributed by atoms with E-state index in [1.807, 2.05) is 0 Å². The molecule has 0 spiro atoms. The Hall–Kier alpha value is -1.39. The summed E-state index contributed by atoms with van der Waals surface area (Å²) >= 11 is 5.14. The van der Waals surface area contributed by atoms with E-state index in [4.69, 9.17) is 22.0 Å². The molecule has 0 heterocycles. The molecule has 0 bridgehead atoms. The van der Waals surface area contributed by atoms with Crippen LogP contribution in [0.2, 0.25) is 0 Å². The number of nitriles is 1. The standard InChI is InChI=1S/C11H7ClF3NO2S/c12-4-7-2-9(19-11(13,14)15)6(3-10(17)18)1-8(7)5-16/h1-2H,3-4H2,(H,17,18). The van der Waals surface area contributed by atoms with Crippen molar-refractivity contribution in [3.05, 3.63) is 28.8 Å². The van der Waals surface area contributed by atoms with E-state index in [0.29, 0.717) is 0 Å². The molecule has 0 amide bonds. The molecule has 0 atom stereocenters. The highest BCUT2D eigenvalue weighted by Crippen LogP contribution is 2.39. The van der Waals surface area contributed by atoms with Gasteiger partial charge in [0.2, 0.25) is 0 Å². The van der Waals surface area contributed by atoms with Gasteiger partial charge in [0.05, 0.1) is 18.1 Å². The molecule has 0 saturated heterocycles. The van der Waals surface area contributed by atoms with Crippen LogP contribution in [-0.2, 0) is 17.1 Å². The number of carboxylic acid groups (broad SMARTS) is 1. The molecule has 19 heavy (non-hydrogen) atoms. The molecule has 0 radical (unpaired) electrons. The number of rotatable bonds is 4. The summed E-state index contributed by atoms with van der Waals surface area (Å²) in [6.45, 7) is 0. The molecule has 1 N–H and O–H groups in total. The molecule has 1 aromatic carbocycles. The Balaban J connectivity index is 3.32. The highest BCUT2D eigenvalue weighted by Gasteiger charge is 2.31. The zero-order valence-electron chi connectivity index (χ0n) is 9.29. The van der Waals surface area contributed by atoms with Gasteiger partial charge < -0.3 is 5.11 Å². The van der Waals surface area contributed by atoms with E-state index >= 15 is 0 Å². The van der Waals surface area contributed by atoms with Crippen LogP contribution in [0.1, 0.15) is 16.7 Å². The molecule has 0 saturated carbocycles. The van der Waals surface area contributed by atoms with Crippen molar-refractivity contribution in [1.29, 1.82) is 5.26 Å². The zero-order chi connectivity index (χ0) is 14.6. The molecule has 102 valence electrons. The van der Waals surface area contributed by atoms with Gasteiger partial charge in [0, 0.05) is 10.8 Å². The summed E-state index contributed by atoms with van der Waals surface area (Å²) in [6.07, 6.45) is -0.588. The van der Waals surface area contributed by atoms with Crippen molar-refractivity contribution in [3.8, 4) is 6.07 Å². The fraction of sp³-hybridized carbons (Fsp3) is 0.273. The number of alkyl halides is 4. The van der Waals surface area contributed by atoms with E-state index in [1.54, 1.807) is 6.07 Å². The second-order valence-electron chi connectivity index (χ2n) is 3.48. The van der Waals surface area contributed by atoms with Gasteiger partial charge in [-0.05, 0) is 35.0 Å². The van der Waals surface area contributed by atoms with Gasteiger partial charge >= 0.3 is 11.5 Å². The van der Waals surface area contributed by atoms with E-state index in [9.17, 15) is 18.0 Å². The number of nitrogens with zero attached hydrogens (tertiary/aromatic N) is 1. The lowest BCUT2D eigenvalue weighted by Crippen LogP contribution is -2.07. The third-order valence-corrected chi connectivity index (χ3v) is 3.24. The van der Waals surface area contributed by atoms with Gasteiger partial charge in [0.1, 0.15) is 0 Å². The van der Waals surface area contributed by atoms with Crippen molar-refractivity contribution in [1.82, 2.24) is 0 Å². The first-order valence-electron chi connectivity index (χ1n) is 4.86. The maximum Gasteiger partial charge on any atom is 0.446 e. The number of thioether (sulfide) groups is 1. The maximum atomic E-state index is 12.4. The number of benzene rings is 1. The van der Waals surface area contributed by atoms with Crippen LogP contribution in [0, 0.1) is 11.3 Å². The predicted octanol–water partition coefficient (Wildman–Crippen LogP) is 3.54. The van der Waals surface area contributed by atoms with Crippen LogP contribution in [0.3, 0.4) is 0 Å². The maximum absolute atomic E-state index is 12.4. The van der Waals surface area contributed by atoms with Crippen LogP contribution >= 0.6 is 23.4 Å². The number of carboxylic acids is 1. The largest absolute Gasteiger partial charge is 0.481 e. The molecule has 3 nitrogen and oxygen atoms in total. The second kappa shape index (κ2) is 6.17. The summed E-state index contributed by atoms with van der Waals surface area (Å²) in [7, 11) is 0. The van der Waals surface area contributed by atoms with Gasteiger partial charge in [0.15, 0.2) is 0 Å². The number of aliphatic carboxylic acids is 1. The van der Waals surface area contributed by atoms with Crippen LogP contribution in [0.4, 0.5) is 13.2 Å². The minimum absolute atomic E-state index is 0.0553. The first kappa shape index (κ1) is 15.7. The van der Waals surface area contributed by atoms with Crippen LogP contribution in [0.25, 0.3) is 0 Å². The number of hydrogen-bond acceptors (Lipinski definition) is 3. The van der Waals surface area contributed by atoms with Crippen molar-refractivity contribution in [2.75, 3.05) is 0 Å². The highest BCUT2D eigenvalue weighted by atomic mass is 35.5. The third kappa shape index (κ3) is 4.65. The lowest BCUT2D eigenvalue weighted by molar-refractivity contribution is -0.136. The summed E-state index contributed by atoms with van der Waals surface area (Å²) in [5.74, 6) is -1.40. The summed E-state index contributed by atoms with van der Waals surface area (Å²) < 4.78 is 37.2. The fourth-order valence-corrected chi connectivity index (χ4v) is 2.34. The molecule has 1 rings (SSSR count). The molecule has 1 aromatic rings. The van der Waals surface area contributed by atoms with Gasteiger partial charge in [-0.3, -0.25) is 4.79 Å². The van der Waals surface area contributed by atoms with Crippen LogP contribution < -0.4 is 0 Å². The van der Waals surface area contributed by atoms with Crippen molar-refractivity contribution in [2.45, 2.75) is 22.7 Å². The Kier molecular flexibility index (Phi) is 5.09. The van der Waals surface area contributed by atoms with Gasteiger partial charge in [-0.2, -0.15) is 18.4 Å². The molecular formula is C11H7ClF3NO2S. The van der Waals surface area contributed by atoms with Crippen LogP contribution in [-0.4, -0.2) is 16.6 Å². The molecule has 8 heteroatoms. The van der Waals surface area contributed by atoms with Crippen LogP contribution in [0.5, 0.6) is 0 Å². The first-order valence-corrected chi connectivity index (χ1v) is 6.21. The highest BCUT2D eigenvalue weighted by molar-refractivity contribution is 8.00. The molecule has 0 aromatic heterocycles. The van der Waals surface area contributed by atoms with Gasteiger partial charge in [-0.1, -0.05) is 0 Å². The lowest BCUT2D eigenvalue weighted by atomic mass is 10.0. The minimum atomic E-state index is -4.54. The van der Waals surface area contributed by atoms with Gasteiger partial charge in [-0.15, -0.1) is 11.6 Å². The van der Waals surface area contributed by atoms with E-state index < -0.39 is 29.7 Å². The number of hydrogen-bond donors (Lipinski definition) is 1. The van der Waals surface area contributed by atoms with Crippen molar-refractivity contribution in [2.24, 2.45) is 0 Å².